The number of aromatic hydroxyl groups is 1. The fourth-order valence-corrected chi connectivity index (χ4v) is 3.88. The number of anilines is 2. The van der Waals surface area contributed by atoms with Gasteiger partial charge in [0.05, 0.1) is 27.8 Å². The average molecular weight is 482 g/mol. The molecule has 34 heavy (non-hydrogen) atoms. The number of carbonyl (C=O) groups is 2. The van der Waals surface area contributed by atoms with Gasteiger partial charge >= 0.3 is 5.97 Å². The van der Waals surface area contributed by atoms with Crippen molar-refractivity contribution < 1.29 is 32.6 Å². The van der Waals surface area contributed by atoms with Gasteiger partial charge in [-0.3, -0.25) is 14.9 Å². The largest absolute Gasteiger partial charge is 0.507 e. The summed E-state index contributed by atoms with van der Waals surface area (Å²) in [4.78, 5) is 23.8. The summed E-state index contributed by atoms with van der Waals surface area (Å²) in [5.74, 6) is -3.65. The van der Waals surface area contributed by atoms with E-state index in [1.807, 2.05) is 0 Å². The lowest BCUT2D eigenvalue weighted by molar-refractivity contribution is -0.110. The number of rotatable bonds is 7. The molecule has 0 bridgehead atoms. The second-order valence-electron chi connectivity index (χ2n) is 6.80. The maximum Gasteiger partial charge on any atom is 0.337 e. The van der Waals surface area contributed by atoms with Gasteiger partial charge in [-0.05, 0) is 60.7 Å². The molecule has 0 aromatic heterocycles. The minimum Gasteiger partial charge on any atom is -0.507 e. The Morgan fingerprint density at radius 1 is 1.00 bits per heavy atom. The number of amides is 1. The highest BCUT2D eigenvalue weighted by molar-refractivity contribution is 7.92. The van der Waals surface area contributed by atoms with E-state index < -0.39 is 39.2 Å². The Morgan fingerprint density at radius 2 is 1.68 bits per heavy atom. The van der Waals surface area contributed by atoms with E-state index in [1.165, 1.54) is 18.2 Å². The van der Waals surface area contributed by atoms with Gasteiger partial charge in [0, 0.05) is 11.3 Å². The Balaban J connectivity index is 1.86. The number of aromatic carboxylic acids is 1. The first-order valence-corrected chi connectivity index (χ1v) is 10.8. The lowest BCUT2D eigenvalue weighted by Gasteiger charge is -2.13. The molecular formula is C22H15FN4O6S. The molecule has 0 aliphatic heterocycles. The van der Waals surface area contributed by atoms with E-state index in [-0.39, 0.29) is 33.0 Å². The van der Waals surface area contributed by atoms with Crippen LogP contribution >= 0.6 is 0 Å². The molecule has 3 aromatic rings. The van der Waals surface area contributed by atoms with Crippen LogP contribution in [0.15, 0.2) is 65.6 Å². The van der Waals surface area contributed by atoms with Crippen LogP contribution in [0.25, 0.3) is 0 Å². The first-order valence-electron chi connectivity index (χ1n) is 9.31. The van der Waals surface area contributed by atoms with Crippen LogP contribution in [0, 0.1) is 22.6 Å². The zero-order valence-electron chi connectivity index (χ0n) is 17.0. The van der Waals surface area contributed by atoms with Crippen LogP contribution in [0.1, 0.15) is 21.5 Å². The van der Waals surface area contributed by atoms with E-state index in [4.69, 9.17) is 10.7 Å². The number of nitriles is 1. The Bertz CT molecular complexity index is 1460. The minimum atomic E-state index is -4.14. The van der Waals surface area contributed by atoms with E-state index >= 15 is 0 Å². The third-order valence-corrected chi connectivity index (χ3v) is 5.89. The van der Waals surface area contributed by atoms with Crippen molar-refractivity contribution in [3.05, 3.63) is 83.2 Å². The van der Waals surface area contributed by atoms with Gasteiger partial charge in [-0.25, -0.2) is 17.6 Å². The number of hydrogen-bond acceptors (Lipinski definition) is 7. The summed E-state index contributed by atoms with van der Waals surface area (Å²) < 4.78 is 40.3. The van der Waals surface area contributed by atoms with Gasteiger partial charge < -0.3 is 15.5 Å². The summed E-state index contributed by atoms with van der Waals surface area (Å²) >= 11 is 0. The molecule has 12 heteroatoms. The number of halogens is 1. The molecule has 0 radical (unpaired) electrons. The van der Waals surface area contributed by atoms with Crippen molar-refractivity contribution in [2.24, 2.45) is 0 Å². The Hall–Kier alpha value is -4.76. The van der Waals surface area contributed by atoms with Gasteiger partial charge in [0.1, 0.15) is 17.3 Å². The molecule has 0 saturated heterocycles. The van der Waals surface area contributed by atoms with E-state index in [1.54, 1.807) is 6.07 Å². The molecule has 0 heterocycles. The summed E-state index contributed by atoms with van der Waals surface area (Å²) in [6.45, 7) is 0. The standard InChI is InChI=1S/C22H15FN4O6S/c23-13-2-5-15(6-3-13)34(32,33)27-14-4-8-19(28)17(10-14)20(25)21(29)26-18-7-1-12(11-24)9-16(18)22(30)31/h1-10,25,27-28H,(H,26,29)(H,30,31). The number of hydrogen-bond donors (Lipinski definition) is 5. The minimum absolute atomic E-state index is 0.0456. The molecule has 3 rings (SSSR count). The van der Waals surface area contributed by atoms with Crippen LogP contribution < -0.4 is 10.0 Å². The highest BCUT2D eigenvalue weighted by Gasteiger charge is 2.21. The molecule has 10 nitrogen and oxygen atoms in total. The van der Waals surface area contributed by atoms with Crippen LogP contribution in [0.3, 0.4) is 0 Å². The number of nitrogens with one attached hydrogen (secondary N) is 3. The molecule has 1 amide bonds. The van der Waals surface area contributed by atoms with Crippen molar-refractivity contribution in [3.63, 3.8) is 0 Å². The smallest absolute Gasteiger partial charge is 0.337 e. The van der Waals surface area contributed by atoms with Crippen LogP contribution in [0.5, 0.6) is 5.75 Å². The summed E-state index contributed by atoms with van der Waals surface area (Å²) in [5, 5.41) is 38.7. The molecule has 5 N–H and O–H groups in total. The normalized spacial score (nSPS) is 10.7. The number of carboxylic acids is 1. The number of sulfonamides is 1. The van der Waals surface area contributed by atoms with Crippen molar-refractivity contribution in [1.82, 2.24) is 0 Å². The Labute approximate surface area is 192 Å². The first-order chi connectivity index (χ1) is 16.0. The predicted octanol–water partition coefficient (Wildman–Crippen LogP) is 2.91. The van der Waals surface area contributed by atoms with Gasteiger partial charge in [-0.15, -0.1) is 0 Å². The monoisotopic (exact) mass is 482 g/mol. The summed E-state index contributed by atoms with van der Waals surface area (Å²) in [5.41, 5.74) is -1.76. The fraction of sp³-hybridized carbons (Fsp3) is 0. The molecule has 0 fully saturated rings. The maximum atomic E-state index is 13.1. The van der Waals surface area contributed by atoms with Gasteiger partial charge in [0.2, 0.25) is 0 Å². The second-order valence-corrected chi connectivity index (χ2v) is 8.48. The molecule has 0 aliphatic rings. The molecule has 3 aromatic carbocycles. The zero-order valence-corrected chi connectivity index (χ0v) is 17.9. The number of nitrogens with zero attached hydrogens (tertiary/aromatic N) is 1. The molecule has 0 atom stereocenters. The SMILES string of the molecule is N#Cc1ccc(NC(=O)C(=N)c2cc(NS(=O)(=O)c3ccc(F)cc3)ccc2O)c(C(=O)O)c1. The highest BCUT2D eigenvalue weighted by atomic mass is 32.2. The lowest BCUT2D eigenvalue weighted by atomic mass is 10.1. The van der Waals surface area contributed by atoms with Crippen molar-refractivity contribution in [2.75, 3.05) is 10.0 Å². The van der Waals surface area contributed by atoms with E-state index in [9.17, 15) is 32.6 Å². The van der Waals surface area contributed by atoms with Crippen molar-refractivity contribution >= 4 is 39.0 Å². The van der Waals surface area contributed by atoms with Crippen LogP contribution in [-0.2, 0) is 14.8 Å². The van der Waals surface area contributed by atoms with Crippen LogP contribution in [0.2, 0.25) is 0 Å². The summed E-state index contributed by atoms with van der Waals surface area (Å²) in [6, 6.07) is 12.6. The maximum absolute atomic E-state index is 13.1. The quantitative estimate of drug-likeness (QED) is 0.253. The molecular weight excluding hydrogens is 467 g/mol. The number of phenolic OH excluding ortho intramolecular Hbond substituents is 1. The highest BCUT2D eigenvalue weighted by Crippen LogP contribution is 2.25. The van der Waals surface area contributed by atoms with E-state index in [2.05, 4.69) is 10.0 Å². The number of benzene rings is 3. The third-order valence-electron chi connectivity index (χ3n) is 4.50. The summed E-state index contributed by atoms with van der Waals surface area (Å²) in [6.07, 6.45) is 0. The number of carboxylic acid groups (broad SMARTS) is 1. The van der Waals surface area contributed by atoms with Gasteiger partial charge in [0.15, 0.2) is 0 Å². The van der Waals surface area contributed by atoms with E-state index in [0.717, 1.165) is 42.5 Å². The summed E-state index contributed by atoms with van der Waals surface area (Å²) in [7, 11) is -4.14. The van der Waals surface area contributed by atoms with Gasteiger partial charge in [-0.1, -0.05) is 0 Å². The van der Waals surface area contributed by atoms with Crippen molar-refractivity contribution in [1.29, 1.82) is 10.7 Å². The van der Waals surface area contributed by atoms with Crippen LogP contribution in [-0.4, -0.2) is 36.2 Å². The van der Waals surface area contributed by atoms with Crippen LogP contribution in [0.4, 0.5) is 15.8 Å². The predicted molar refractivity (Wildman–Crippen MR) is 119 cm³/mol. The lowest BCUT2D eigenvalue weighted by Crippen LogP contribution is -2.24. The molecule has 0 saturated carbocycles. The van der Waals surface area contributed by atoms with E-state index in [0.29, 0.717) is 0 Å². The number of carbonyl (C=O) groups excluding carboxylic acids is 1. The molecule has 0 unspecified atom stereocenters. The topological polar surface area (TPSA) is 180 Å². The zero-order chi connectivity index (χ0) is 25.0. The number of phenols is 1. The van der Waals surface area contributed by atoms with Crippen molar-refractivity contribution in [2.45, 2.75) is 4.90 Å². The molecule has 172 valence electrons. The second kappa shape index (κ2) is 9.39. The van der Waals surface area contributed by atoms with Gasteiger partial charge in [0.25, 0.3) is 15.9 Å². The first kappa shape index (κ1) is 23.9. The Kier molecular flexibility index (Phi) is 6.60. The molecule has 0 spiro atoms. The Morgan fingerprint density at radius 3 is 2.29 bits per heavy atom. The average Bonchev–Trinajstić information content (AvgIpc) is 2.80. The van der Waals surface area contributed by atoms with Gasteiger partial charge in [-0.2, -0.15) is 5.26 Å². The molecule has 0 aliphatic carbocycles. The fourth-order valence-electron chi connectivity index (χ4n) is 2.83. The van der Waals surface area contributed by atoms with Crippen molar-refractivity contribution in [3.8, 4) is 11.8 Å². The third kappa shape index (κ3) is 5.17.